The average Bonchev–Trinajstić information content (AvgIpc) is 2.68. The van der Waals surface area contributed by atoms with Crippen LogP contribution in [0.25, 0.3) is 10.9 Å². The fourth-order valence-electron chi connectivity index (χ4n) is 3.78. The lowest BCUT2D eigenvalue weighted by Gasteiger charge is -2.22. The van der Waals surface area contributed by atoms with E-state index in [0.717, 1.165) is 24.0 Å². The van der Waals surface area contributed by atoms with E-state index in [1.54, 1.807) is 0 Å². The molecule has 0 aliphatic carbocycles. The second-order valence-electron chi connectivity index (χ2n) is 7.30. The van der Waals surface area contributed by atoms with Gasteiger partial charge in [0.1, 0.15) is 0 Å². The monoisotopic (exact) mass is 332 g/mol. The zero-order valence-corrected chi connectivity index (χ0v) is 14.8. The Morgan fingerprint density at radius 2 is 1.96 bits per heavy atom. The largest absolute Gasteiger partial charge is 0.299 e. The topological polar surface area (TPSA) is 16.1 Å². The minimum Gasteiger partial charge on any atom is -0.299 e. The van der Waals surface area contributed by atoms with Crippen LogP contribution < -0.4 is 0 Å². The number of aromatic nitrogens is 1. The number of benzene rings is 1. The molecule has 0 radical (unpaired) electrons. The number of fused-ring (bicyclic) bond motifs is 1. The Morgan fingerprint density at radius 3 is 2.71 bits per heavy atom. The van der Waals surface area contributed by atoms with Gasteiger partial charge in [0.15, 0.2) is 0 Å². The summed E-state index contributed by atoms with van der Waals surface area (Å²) in [6.07, 6.45) is 2.39. The zero-order chi connectivity index (χ0) is 17.3. The summed E-state index contributed by atoms with van der Waals surface area (Å²) in [5.41, 5.74) is 4.79. The van der Waals surface area contributed by atoms with Crippen LogP contribution in [0.2, 0.25) is 0 Å². The molecular formula is C20H26F2N2. The Balaban J connectivity index is 1.92. The Kier molecular flexibility index (Phi) is 4.86. The van der Waals surface area contributed by atoms with Gasteiger partial charge in [-0.1, -0.05) is 26.0 Å². The number of pyridine rings is 1. The molecule has 24 heavy (non-hydrogen) atoms. The fraction of sp³-hybridized carbons (Fsp3) is 0.550. The van der Waals surface area contributed by atoms with E-state index in [0.29, 0.717) is 18.9 Å². The number of nitrogens with zero attached hydrogens (tertiary/aromatic N) is 2. The third-order valence-corrected chi connectivity index (χ3v) is 5.04. The van der Waals surface area contributed by atoms with E-state index in [-0.39, 0.29) is 12.8 Å². The molecule has 4 heteroatoms. The minimum absolute atomic E-state index is 0.0112. The van der Waals surface area contributed by atoms with Crippen LogP contribution in [0.4, 0.5) is 8.78 Å². The van der Waals surface area contributed by atoms with E-state index >= 15 is 0 Å². The number of hydrogen-bond acceptors (Lipinski definition) is 2. The number of aryl methyl sites for hydroxylation is 1. The van der Waals surface area contributed by atoms with E-state index in [9.17, 15) is 8.78 Å². The standard InChI is InChI=1S/C20H26F2N2/c1-14(2)18-15(3)5-6-17-16(7-10-23-19(17)18)13-24-11-4-8-20(21,22)9-12-24/h5-7,10,14H,4,8-9,11-13H2,1-3H3. The Labute approximate surface area is 142 Å². The fourth-order valence-corrected chi connectivity index (χ4v) is 3.78. The second kappa shape index (κ2) is 6.75. The number of halogens is 2. The summed E-state index contributed by atoms with van der Waals surface area (Å²) in [6, 6.07) is 6.32. The third-order valence-electron chi connectivity index (χ3n) is 5.04. The molecule has 1 aliphatic heterocycles. The molecule has 1 aliphatic rings. The summed E-state index contributed by atoms with van der Waals surface area (Å²) in [5, 5.41) is 1.16. The maximum atomic E-state index is 13.6. The maximum Gasteiger partial charge on any atom is 0.249 e. The molecule has 1 fully saturated rings. The van der Waals surface area contributed by atoms with Gasteiger partial charge in [-0.2, -0.15) is 0 Å². The molecule has 0 amide bonds. The van der Waals surface area contributed by atoms with Crippen LogP contribution in [-0.4, -0.2) is 28.9 Å². The van der Waals surface area contributed by atoms with Crippen molar-refractivity contribution in [2.75, 3.05) is 13.1 Å². The van der Waals surface area contributed by atoms with Crippen molar-refractivity contribution in [3.8, 4) is 0 Å². The molecule has 2 aromatic rings. The van der Waals surface area contributed by atoms with Crippen LogP contribution >= 0.6 is 0 Å². The lowest BCUT2D eigenvalue weighted by molar-refractivity contribution is -0.0132. The Morgan fingerprint density at radius 1 is 1.17 bits per heavy atom. The summed E-state index contributed by atoms with van der Waals surface area (Å²) < 4.78 is 27.2. The van der Waals surface area contributed by atoms with Gasteiger partial charge >= 0.3 is 0 Å². The number of alkyl halides is 2. The molecule has 0 N–H and O–H groups in total. The van der Waals surface area contributed by atoms with E-state index < -0.39 is 5.92 Å². The molecule has 0 unspecified atom stereocenters. The van der Waals surface area contributed by atoms with Crippen LogP contribution in [0.1, 0.15) is 55.7 Å². The zero-order valence-electron chi connectivity index (χ0n) is 14.8. The van der Waals surface area contributed by atoms with Crippen LogP contribution in [0.3, 0.4) is 0 Å². The molecule has 0 bridgehead atoms. The highest BCUT2D eigenvalue weighted by molar-refractivity contribution is 5.86. The predicted octanol–water partition coefficient (Wildman–Crippen LogP) is 5.29. The molecule has 3 rings (SSSR count). The summed E-state index contributed by atoms with van der Waals surface area (Å²) in [6.45, 7) is 8.41. The van der Waals surface area contributed by atoms with Crippen molar-refractivity contribution in [1.82, 2.24) is 9.88 Å². The molecule has 1 saturated heterocycles. The van der Waals surface area contributed by atoms with Crippen LogP contribution in [0.15, 0.2) is 24.4 Å². The van der Waals surface area contributed by atoms with Crippen LogP contribution in [0, 0.1) is 6.92 Å². The molecule has 0 saturated carbocycles. The normalized spacial score (nSPS) is 18.9. The van der Waals surface area contributed by atoms with Crippen molar-refractivity contribution < 1.29 is 8.78 Å². The van der Waals surface area contributed by atoms with E-state index in [4.69, 9.17) is 0 Å². The lowest BCUT2D eigenvalue weighted by Crippen LogP contribution is -2.25. The van der Waals surface area contributed by atoms with Crippen LogP contribution in [0.5, 0.6) is 0 Å². The van der Waals surface area contributed by atoms with Crippen molar-refractivity contribution in [2.45, 2.75) is 58.4 Å². The Hall–Kier alpha value is -1.55. The van der Waals surface area contributed by atoms with Gasteiger partial charge in [-0.05, 0) is 48.6 Å². The minimum atomic E-state index is -2.50. The van der Waals surface area contributed by atoms with Gasteiger partial charge in [0.25, 0.3) is 0 Å². The first kappa shape index (κ1) is 17.3. The first-order valence-corrected chi connectivity index (χ1v) is 8.85. The summed E-state index contributed by atoms with van der Waals surface area (Å²) in [4.78, 5) is 6.78. The van der Waals surface area contributed by atoms with Gasteiger partial charge in [0.2, 0.25) is 5.92 Å². The second-order valence-corrected chi connectivity index (χ2v) is 7.30. The molecule has 1 aromatic carbocycles. The third kappa shape index (κ3) is 3.59. The van der Waals surface area contributed by atoms with Gasteiger partial charge in [0.05, 0.1) is 5.52 Å². The lowest BCUT2D eigenvalue weighted by atomic mass is 9.93. The molecule has 0 atom stereocenters. The van der Waals surface area contributed by atoms with Crippen molar-refractivity contribution in [3.05, 3.63) is 41.1 Å². The van der Waals surface area contributed by atoms with Crippen LogP contribution in [-0.2, 0) is 6.54 Å². The van der Waals surface area contributed by atoms with Crippen molar-refractivity contribution in [3.63, 3.8) is 0 Å². The first-order chi connectivity index (χ1) is 11.4. The van der Waals surface area contributed by atoms with Gasteiger partial charge in [-0.3, -0.25) is 9.88 Å². The molecule has 2 nitrogen and oxygen atoms in total. The van der Waals surface area contributed by atoms with Gasteiger partial charge in [-0.25, -0.2) is 8.78 Å². The molecule has 130 valence electrons. The van der Waals surface area contributed by atoms with Crippen molar-refractivity contribution in [1.29, 1.82) is 0 Å². The van der Waals surface area contributed by atoms with Gasteiger partial charge in [0, 0.05) is 37.5 Å². The SMILES string of the molecule is Cc1ccc2c(CN3CCCC(F)(F)CC3)ccnc2c1C(C)C. The smallest absolute Gasteiger partial charge is 0.249 e. The Bertz CT molecular complexity index is 725. The van der Waals surface area contributed by atoms with E-state index in [1.165, 1.54) is 16.7 Å². The van der Waals surface area contributed by atoms with E-state index in [1.807, 2.05) is 12.3 Å². The number of rotatable bonds is 3. The van der Waals surface area contributed by atoms with E-state index in [2.05, 4.69) is 42.8 Å². The van der Waals surface area contributed by atoms with Crippen molar-refractivity contribution in [2.24, 2.45) is 0 Å². The molecule has 2 heterocycles. The molecular weight excluding hydrogens is 306 g/mol. The highest BCUT2D eigenvalue weighted by atomic mass is 19.3. The van der Waals surface area contributed by atoms with Gasteiger partial charge in [-0.15, -0.1) is 0 Å². The summed E-state index contributed by atoms with van der Waals surface area (Å²) >= 11 is 0. The average molecular weight is 332 g/mol. The molecule has 0 spiro atoms. The summed E-state index contributed by atoms with van der Waals surface area (Å²) in [5.74, 6) is -2.09. The predicted molar refractivity (Wildman–Crippen MR) is 94.6 cm³/mol. The highest BCUT2D eigenvalue weighted by Gasteiger charge is 2.31. The number of hydrogen-bond donors (Lipinski definition) is 0. The van der Waals surface area contributed by atoms with Crippen molar-refractivity contribution >= 4 is 10.9 Å². The summed E-state index contributed by atoms with van der Waals surface area (Å²) in [7, 11) is 0. The first-order valence-electron chi connectivity index (χ1n) is 8.85. The maximum absolute atomic E-state index is 13.6. The number of likely N-dealkylation sites (tertiary alicyclic amines) is 1. The van der Waals surface area contributed by atoms with Gasteiger partial charge < -0.3 is 0 Å². The highest BCUT2D eigenvalue weighted by Crippen LogP contribution is 2.31. The molecule has 1 aromatic heterocycles. The quantitative estimate of drug-likeness (QED) is 0.759.